The van der Waals surface area contributed by atoms with Gasteiger partial charge in [0.25, 0.3) is 5.91 Å². The third-order valence-electron chi connectivity index (χ3n) is 3.14. The summed E-state index contributed by atoms with van der Waals surface area (Å²) in [5.41, 5.74) is 2.13. The Hall–Kier alpha value is -2.32. The fourth-order valence-electron chi connectivity index (χ4n) is 1.78. The third kappa shape index (κ3) is 5.98. The molecule has 0 heterocycles. The quantitative estimate of drug-likeness (QED) is 0.440. The number of hydrogen-bond donors (Lipinski definition) is 2. The molecule has 0 saturated carbocycles. The van der Waals surface area contributed by atoms with Crippen molar-refractivity contribution in [2.45, 2.75) is 26.2 Å². The van der Waals surface area contributed by atoms with Crippen LogP contribution in [0, 0.1) is 11.3 Å². The summed E-state index contributed by atoms with van der Waals surface area (Å²) in [6.45, 7) is 5.31. The standard InChI is InChI=1S/C17H23N3O2/c1-13(2)14-5-7-16(8-6-14)20-12-15(11-18)17(21)19-9-4-10-22-3/h5-8,12-13,20H,4,9-10H2,1-3H3,(H,19,21)/b15-12-. The highest BCUT2D eigenvalue weighted by molar-refractivity contribution is 5.97. The number of hydrogen-bond acceptors (Lipinski definition) is 4. The van der Waals surface area contributed by atoms with Crippen LogP contribution in [0.5, 0.6) is 0 Å². The zero-order valence-corrected chi connectivity index (χ0v) is 13.3. The molecule has 0 bridgehead atoms. The maximum atomic E-state index is 11.8. The first-order valence-corrected chi connectivity index (χ1v) is 7.32. The van der Waals surface area contributed by atoms with Gasteiger partial charge in [-0.1, -0.05) is 26.0 Å². The molecule has 5 nitrogen and oxygen atoms in total. The molecule has 0 aromatic heterocycles. The Labute approximate surface area is 132 Å². The van der Waals surface area contributed by atoms with Crippen LogP contribution in [0.3, 0.4) is 0 Å². The van der Waals surface area contributed by atoms with Crippen molar-refractivity contribution >= 4 is 11.6 Å². The SMILES string of the molecule is COCCCNC(=O)/C(C#N)=C\Nc1ccc(C(C)C)cc1. The van der Waals surface area contributed by atoms with Gasteiger partial charge in [0.1, 0.15) is 11.6 Å². The number of nitrogens with one attached hydrogen (secondary N) is 2. The number of nitriles is 1. The van der Waals surface area contributed by atoms with Gasteiger partial charge in [-0.05, 0) is 30.0 Å². The van der Waals surface area contributed by atoms with E-state index in [0.29, 0.717) is 25.5 Å². The van der Waals surface area contributed by atoms with Gasteiger partial charge in [-0.2, -0.15) is 5.26 Å². The molecule has 0 unspecified atom stereocenters. The van der Waals surface area contributed by atoms with Gasteiger partial charge in [0.05, 0.1) is 0 Å². The number of ether oxygens (including phenoxy) is 1. The van der Waals surface area contributed by atoms with E-state index in [1.807, 2.05) is 30.3 Å². The third-order valence-corrected chi connectivity index (χ3v) is 3.14. The first-order valence-electron chi connectivity index (χ1n) is 7.32. The summed E-state index contributed by atoms with van der Waals surface area (Å²) in [4.78, 5) is 11.8. The molecule has 0 aliphatic rings. The van der Waals surface area contributed by atoms with Crippen LogP contribution >= 0.6 is 0 Å². The summed E-state index contributed by atoms with van der Waals surface area (Å²) in [6, 6.07) is 9.80. The molecular weight excluding hydrogens is 278 g/mol. The number of methoxy groups -OCH3 is 1. The minimum Gasteiger partial charge on any atom is -0.385 e. The molecule has 0 aliphatic heterocycles. The smallest absolute Gasteiger partial charge is 0.263 e. The van der Waals surface area contributed by atoms with Crippen LogP contribution in [-0.2, 0) is 9.53 Å². The fourth-order valence-corrected chi connectivity index (χ4v) is 1.78. The topological polar surface area (TPSA) is 74.1 Å². The molecule has 1 aromatic carbocycles. The van der Waals surface area contributed by atoms with Crippen LogP contribution in [0.1, 0.15) is 31.7 Å². The monoisotopic (exact) mass is 301 g/mol. The summed E-state index contributed by atoms with van der Waals surface area (Å²) in [7, 11) is 1.61. The van der Waals surface area contributed by atoms with E-state index in [9.17, 15) is 4.79 Å². The van der Waals surface area contributed by atoms with Crippen LogP contribution in [0.15, 0.2) is 36.0 Å². The van der Waals surface area contributed by atoms with Crippen molar-refractivity contribution in [1.82, 2.24) is 5.32 Å². The van der Waals surface area contributed by atoms with Crippen molar-refractivity contribution < 1.29 is 9.53 Å². The summed E-state index contributed by atoms with van der Waals surface area (Å²) in [5, 5.41) is 14.7. The van der Waals surface area contributed by atoms with Crippen molar-refractivity contribution in [2.75, 3.05) is 25.6 Å². The molecule has 1 rings (SSSR count). The van der Waals surface area contributed by atoms with Crippen molar-refractivity contribution in [1.29, 1.82) is 5.26 Å². The number of carbonyl (C=O) groups is 1. The van der Waals surface area contributed by atoms with Crippen LogP contribution in [0.25, 0.3) is 0 Å². The minimum atomic E-state index is -0.384. The first kappa shape index (κ1) is 17.7. The Kier molecular flexibility index (Phi) is 7.73. The number of anilines is 1. The number of nitrogens with zero attached hydrogens (tertiary/aromatic N) is 1. The van der Waals surface area contributed by atoms with Crippen molar-refractivity contribution in [3.05, 3.63) is 41.6 Å². The van der Waals surface area contributed by atoms with Crippen molar-refractivity contribution in [2.24, 2.45) is 0 Å². The van der Waals surface area contributed by atoms with Gasteiger partial charge in [0, 0.05) is 32.1 Å². The fraction of sp³-hybridized carbons (Fsp3) is 0.412. The summed E-state index contributed by atoms with van der Waals surface area (Å²) in [6.07, 6.45) is 2.14. The van der Waals surface area contributed by atoms with E-state index >= 15 is 0 Å². The molecule has 22 heavy (non-hydrogen) atoms. The zero-order chi connectivity index (χ0) is 16.4. The molecule has 5 heteroatoms. The van der Waals surface area contributed by atoms with Crippen LogP contribution < -0.4 is 10.6 Å². The molecule has 0 fully saturated rings. The van der Waals surface area contributed by atoms with Gasteiger partial charge in [-0.3, -0.25) is 4.79 Å². The van der Waals surface area contributed by atoms with E-state index in [4.69, 9.17) is 10.00 Å². The molecule has 118 valence electrons. The average Bonchev–Trinajstić information content (AvgIpc) is 2.52. The van der Waals surface area contributed by atoms with Gasteiger partial charge >= 0.3 is 0 Å². The van der Waals surface area contributed by atoms with Gasteiger partial charge in [-0.25, -0.2) is 0 Å². The number of rotatable bonds is 8. The molecule has 1 aromatic rings. The molecule has 0 radical (unpaired) electrons. The number of benzene rings is 1. The lowest BCUT2D eigenvalue weighted by Crippen LogP contribution is -2.26. The lowest BCUT2D eigenvalue weighted by molar-refractivity contribution is -0.117. The number of amides is 1. The molecule has 0 saturated heterocycles. The second-order valence-corrected chi connectivity index (χ2v) is 5.19. The molecule has 1 amide bonds. The summed E-state index contributed by atoms with van der Waals surface area (Å²) < 4.78 is 4.90. The van der Waals surface area contributed by atoms with Gasteiger partial charge in [0.15, 0.2) is 0 Å². The van der Waals surface area contributed by atoms with E-state index in [1.54, 1.807) is 7.11 Å². The Balaban J connectivity index is 2.57. The molecular formula is C17H23N3O2. The normalized spacial score (nSPS) is 11.1. The Morgan fingerprint density at radius 3 is 2.59 bits per heavy atom. The predicted octanol–water partition coefficient (Wildman–Crippen LogP) is 2.78. The highest BCUT2D eigenvalue weighted by Gasteiger charge is 2.07. The highest BCUT2D eigenvalue weighted by atomic mass is 16.5. The molecule has 2 N–H and O–H groups in total. The average molecular weight is 301 g/mol. The largest absolute Gasteiger partial charge is 0.385 e. The highest BCUT2D eigenvalue weighted by Crippen LogP contribution is 2.17. The van der Waals surface area contributed by atoms with E-state index in [-0.39, 0.29) is 11.5 Å². The predicted molar refractivity (Wildman–Crippen MR) is 87.4 cm³/mol. The van der Waals surface area contributed by atoms with Crippen molar-refractivity contribution in [3.8, 4) is 6.07 Å². The number of carbonyl (C=O) groups excluding carboxylic acids is 1. The second kappa shape index (κ2) is 9.59. The lowest BCUT2D eigenvalue weighted by Gasteiger charge is -2.07. The molecule has 0 atom stereocenters. The van der Waals surface area contributed by atoms with E-state index in [2.05, 4.69) is 24.5 Å². The maximum absolute atomic E-state index is 11.8. The van der Waals surface area contributed by atoms with Gasteiger partial charge in [0.2, 0.25) is 0 Å². The summed E-state index contributed by atoms with van der Waals surface area (Å²) in [5.74, 6) is 0.0852. The van der Waals surface area contributed by atoms with E-state index in [1.165, 1.54) is 11.8 Å². The Morgan fingerprint density at radius 1 is 1.36 bits per heavy atom. The van der Waals surface area contributed by atoms with Crippen LogP contribution in [0.2, 0.25) is 0 Å². The maximum Gasteiger partial charge on any atom is 0.263 e. The van der Waals surface area contributed by atoms with Crippen LogP contribution in [-0.4, -0.2) is 26.2 Å². The summed E-state index contributed by atoms with van der Waals surface area (Å²) >= 11 is 0. The minimum absolute atomic E-state index is 0.0466. The first-order chi connectivity index (χ1) is 10.6. The zero-order valence-electron chi connectivity index (χ0n) is 13.3. The van der Waals surface area contributed by atoms with Crippen molar-refractivity contribution in [3.63, 3.8) is 0 Å². The Morgan fingerprint density at radius 2 is 2.05 bits per heavy atom. The lowest BCUT2D eigenvalue weighted by atomic mass is 10.0. The van der Waals surface area contributed by atoms with E-state index in [0.717, 1.165) is 5.69 Å². The van der Waals surface area contributed by atoms with Crippen LogP contribution in [0.4, 0.5) is 5.69 Å². The van der Waals surface area contributed by atoms with Gasteiger partial charge < -0.3 is 15.4 Å². The van der Waals surface area contributed by atoms with E-state index < -0.39 is 0 Å². The molecule has 0 spiro atoms. The molecule has 0 aliphatic carbocycles. The Bertz CT molecular complexity index is 542. The second-order valence-electron chi connectivity index (χ2n) is 5.19. The van der Waals surface area contributed by atoms with Gasteiger partial charge in [-0.15, -0.1) is 0 Å².